The largest absolute Gasteiger partial charge is 0.376 e. The maximum Gasteiger partial charge on any atom is 0.330 e. The van der Waals surface area contributed by atoms with Gasteiger partial charge in [0.1, 0.15) is 0 Å². The monoisotopic (exact) mass is 867 g/mol. The molecule has 1 nitrogen and oxygen atoms in total. The van der Waals surface area contributed by atoms with Crippen LogP contribution in [0.15, 0.2) is 231 Å². The molecular weight excluding hydrogens is 818 g/mol. The number of hydrogen-bond acceptors (Lipinski definition) is 1. The number of fused-ring (bicyclic) bond motifs is 4. The summed E-state index contributed by atoms with van der Waals surface area (Å²) < 4.78 is 0. The van der Waals surface area contributed by atoms with Gasteiger partial charge in [0, 0.05) is 16.9 Å². The number of rotatable bonds is 8. The zero-order valence-corrected chi connectivity index (χ0v) is 38.7. The van der Waals surface area contributed by atoms with Crippen LogP contribution in [0.5, 0.6) is 0 Å². The summed E-state index contributed by atoms with van der Waals surface area (Å²) in [6.45, 7) is 6.62. The van der Waals surface area contributed by atoms with Crippen LogP contribution in [0.4, 0.5) is 11.4 Å². The predicted molar refractivity (Wildman–Crippen MR) is 291 cm³/mol. The Morgan fingerprint density at radius 2 is 0.853 bits per heavy atom. The average molecular weight is 868 g/mol. The normalized spacial score (nSPS) is 12.4. The Morgan fingerprint density at radius 3 is 1.43 bits per heavy atom. The van der Waals surface area contributed by atoms with Crippen LogP contribution in [0.25, 0.3) is 78.4 Å². The van der Waals surface area contributed by atoms with E-state index < -0.39 is 0 Å². The van der Waals surface area contributed by atoms with Crippen LogP contribution in [-0.2, 0) is 6.42 Å². The van der Waals surface area contributed by atoms with E-state index in [1.54, 1.807) is 0 Å². The Morgan fingerprint density at radius 1 is 0.382 bits per heavy atom. The van der Waals surface area contributed by atoms with E-state index in [1.807, 2.05) is 0 Å². The lowest BCUT2D eigenvalue weighted by molar-refractivity contribution is 1.29. The lowest BCUT2D eigenvalue weighted by Gasteiger charge is -2.40. The first-order chi connectivity index (χ1) is 33.4. The highest BCUT2D eigenvalue weighted by Gasteiger charge is 2.42. The van der Waals surface area contributed by atoms with E-state index in [1.165, 1.54) is 122 Å². The van der Waals surface area contributed by atoms with Crippen LogP contribution in [0.1, 0.15) is 33.4 Å². The van der Waals surface area contributed by atoms with Gasteiger partial charge in [-0.25, -0.2) is 0 Å². The van der Waals surface area contributed by atoms with Gasteiger partial charge in [-0.2, -0.15) is 0 Å². The Hall–Kier alpha value is -8.20. The second-order valence-corrected chi connectivity index (χ2v) is 18.7. The SMILES string of the molecule is Cc1cc(C)c(-c2cc3c4c(c2)-c2cc(-c5ccccc5)ccc2N(c2ccc(-c5ccccc5)cc2)B4c2cc(-c4ccccc4)ccc2C(Cc2ccc(-c4ccccc4)cc2)=C3)c(C)c1. The molecule has 0 amide bonds. The molecule has 12 rings (SSSR count). The van der Waals surface area contributed by atoms with Gasteiger partial charge in [-0.15, -0.1) is 0 Å². The van der Waals surface area contributed by atoms with E-state index in [-0.39, 0.29) is 6.85 Å². The molecule has 2 heteroatoms. The minimum Gasteiger partial charge on any atom is -0.376 e. The molecule has 10 aromatic rings. The van der Waals surface area contributed by atoms with Crippen molar-refractivity contribution in [1.29, 1.82) is 0 Å². The summed E-state index contributed by atoms with van der Waals surface area (Å²) >= 11 is 0. The van der Waals surface area contributed by atoms with Crippen LogP contribution in [0.2, 0.25) is 0 Å². The highest BCUT2D eigenvalue weighted by Crippen LogP contribution is 2.46. The van der Waals surface area contributed by atoms with Gasteiger partial charge in [0.05, 0.1) is 0 Å². The van der Waals surface area contributed by atoms with Crippen LogP contribution in [0, 0.1) is 20.8 Å². The van der Waals surface area contributed by atoms with Crippen molar-refractivity contribution in [2.45, 2.75) is 27.2 Å². The van der Waals surface area contributed by atoms with Gasteiger partial charge in [0.2, 0.25) is 0 Å². The molecule has 68 heavy (non-hydrogen) atoms. The molecule has 0 bridgehead atoms. The number of benzene rings is 10. The van der Waals surface area contributed by atoms with Crippen LogP contribution >= 0.6 is 0 Å². The van der Waals surface area contributed by atoms with Crippen molar-refractivity contribution < 1.29 is 0 Å². The molecule has 0 saturated heterocycles. The third-order valence-electron chi connectivity index (χ3n) is 14.2. The fraction of sp³-hybridized carbons (Fsp3) is 0.0606. The van der Waals surface area contributed by atoms with Crippen molar-refractivity contribution >= 4 is 40.8 Å². The van der Waals surface area contributed by atoms with Crippen LogP contribution in [-0.4, -0.2) is 6.85 Å². The van der Waals surface area contributed by atoms with Gasteiger partial charge in [-0.3, -0.25) is 0 Å². The third-order valence-corrected chi connectivity index (χ3v) is 14.2. The fourth-order valence-electron chi connectivity index (χ4n) is 11.1. The molecule has 322 valence electrons. The van der Waals surface area contributed by atoms with E-state index >= 15 is 0 Å². The molecule has 0 saturated carbocycles. The standard InChI is InChI=1S/C66H50BN/c1-44-36-45(2)65(46(3)37-44)57-40-58-39-56(38-47-24-26-52(27-25-47)48-16-8-4-9-17-48)60-34-30-55(51-22-14-7-15-23-51)43-63(60)67-66(58)62(42-57)61-41-54(50-20-12-6-13-21-50)31-35-64(61)68(67)59-32-28-53(29-33-59)49-18-10-5-11-19-49/h4-37,39-43H,38H2,1-3H3. The zero-order chi connectivity index (χ0) is 45.7. The molecule has 0 unspecified atom stereocenters. The Kier molecular flexibility index (Phi) is 10.4. The second kappa shape index (κ2) is 17.2. The van der Waals surface area contributed by atoms with E-state index in [2.05, 4.69) is 262 Å². The Labute approximate surface area is 401 Å². The highest BCUT2D eigenvalue weighted by atomic mass is 15.1. The van der Waals surface area contributed by atoms with E-state index in [9.17, 15) is 0 Å². The second-order valence-electron chi connectivity index (χ2n) is 18.7. The van der Waals surface area contributed by atoms with Crippen molar-refractivity contribution in [3.05, 3.63) is 264 Å². The maximum atomic E-state index is 2.64. The van der Waals surface area contributed by atoms with Gasteiger partial charge < -0.3 is 4.81 Å². The zero-order valence-electron chi connectivity index (χ0n) is 38.7. The molecular formula is C66H50BN. The molecule has 0 aliphatic carbocycles. The Bertz CT molecular complexity index is 3500. The molecule has 0 fully saturated rings. The fourth-order valence-corrected chi connectivity index (χ4v) is 11.1. The Balaban J connectivity index is 1.14. The smallest absolute Gasteiger partial charge is 0.330 e. The van der Waals surface area contributed by atoms with Gasteiger partial charge in [0.15, 0.2) is 0 Å². The number of aryl methyl sites for hydroxylation is 3. The lowest BCUT2D eigenvalue weighted by atomic mass is 9.44. The minimum atomic E-state index is -0.139. The first kappa shape index (κ1) is 41.3. The third kappa shape index (κ3) is 7.49. The van der Waals surface area contributed by atoms with E-state index in [4.69, 9.17) is 0 Å². The summed E-state index contributed by atoms with van der Waals surface area (Å²) in [5.41, 5.74) is 28.8. The molecule has 2 aliphatic heterocycles. The number of allylic oxidation sites excluding steroid dienone is 1. The average Bonchev–Trinajstić information content (AvgIpc) is 3.51. The quantitative estimate of drug-likeness (QED) is 0.138. The predicted octanol–water partition coefficient (Wildman–Crippen LogP) is 16.0. The topological polar surface area (TPSA) is 3.24 Å². The molecule has 2 heterocycles. The lowest BCUT2D eigenvalue weighted by Crippen LogP contribution is -2.58. The van der Waals surface area contributed by atoms with Crippen LogP contribution in [0.3, 0.4) is 0 Å². The molecule has 10 aromatic carbocycles. The minimum absolute atomic E-state index is 0.139. The molecule has 2 aliphatic rings. The van der Waals surface area contributed by atoms with Crippen molar-refractivity contribution in [2.75, 3.05) is 4.81 Å². The van der Waals surface area contributed by atoms with Gasteiger partial charge in [-0.1, -0.05) is 206 Å². The molecule has 0 spiro atoms. The maximum absolute atomic E-state index is 2.64. The summed E-state index contributed by atoms with van der Waals surface area (Å²) in [7, 11) is 0. The number of anilines is 2. The van der Waals surface area contributed by atoms with Crippen molar-refractivity contribution in [1.82, 2.24) is 0 Å². The summed E-state index contributed by atoms with van der Waals surface area (Å²) in [5, 5.41) is 0. The summed E-state index contributed by atoms with van der Waals surface area (Å²) in [6.07, 6.45) is 3.33. The summed E-state index contributed by atoms with van der Waals surface area (Å²) in [5.74, 6) is 0. The van der Waals surface area contributed by atoms with Crippen molar-refractivity contribution in [3.8, 4) is 66.8 Å². The first-order valence-corrected chi connectivity index (χ1v) is 23.9. The van der Waals surface area contributed by atoms with Gasteiger partial charge >= 0.3 is 6.85 Å². The van der Waals surface area contributed by atoms with Gasteiger partial charge in [0.25, 0.3) is 0 Å². The van der Waals surface area contributed by atoms with Crippen LogP contribution < -0.4 is 15.7 Å². The molecule has 0 aromatic heterocycles. The summed E-state index contributed by atoms with van der Waals surface area (Å²) in [6, 6.07) is 85.7. The van der Waals surface area contributed by atoms with E-state index in [0.717, 1.165) is 12.1 Å². The highest BCUT2D eigenvalue weighted by molar-refractivity contribution is 6.92. The summed E-state index contributed by atoms with van der Waals surface area (Å²) in [4.78, 5) is 2.64. The van der Waals surface area contributed by atoms with Crippen molar-refractivity contribution in [2.24, 2.45) is 0 Å². The molecule has 0 atom stereocenters. The number of nitrogens with zero attached hydrogens (tertiary/aromatic N) is 1. The van der Waals surface area contributed by atoms with Gasteiger partial charge in [-0.05, 0) is 169 Å². The number of hydrogen-bond donors (Lipinski definition) is 0. The molecule has 0 N–H and O–H groups in total. The first-order valence-electron chi connectivity index (χ1n) is 23.9. The molecule has 0 radical (unpaired) electrons. The van der Waals surface area contributed by atoms with E-state index in [0.29, 0.717) is 0 Å². The van der Waals surface area contributed by atoms with Crippen molar-refractivity contribution in [3.63, 3.8) is 0 Å².